The molecule has 1 atom stereocenters. The molecular weight excluding hydrogens is 685 g/mol. The van der Waals surface area contributed by atoms with Crippen molar-refractivity contribution in [2.75, 3.05) is 0 Å². The zero-order valence-corrected chi connectivity index (χ0v) is 37.9. The highest BCUT2D eigenvalue weighted by atomic mass is 16.3. The van der Waals surface area contributed by atoms with E-state index in [0.29, 0.717) is 29.6 Å². The summed E-state index contributed by atoms with van der Waals surface area (Å²) in [6, 6.07) is 0. The number of carbonyl (C=O) groups is 2. The van der Waals surface area contributed by atoms with Gasteiger partial charge in [-0.15, -0.1) is 0 Å². The second-order valence-electron chi connectivity index (χ2n) is 17.0. The largest absolute Gasteiger partial charge is 0.389 e. The first-order valence-electron chi connectivity index (χ1n) is 21.5. The molecule has 1 aliphatic rings. The molecule has 1 aliphatic carbocycles. The van der Waals surface area contributed by atoms with Crippen LogP contribution in [-0.2, 0) is 9.59 Å². The molecule has 3 nitrogen and oxygen atoms in total. The number of ketones is 2. The fourth-order valence-electron chi connectivity index (χ4n) is 6.73. The molecule has 1 rings (SSSR count). The number of hydrogen-bond donors (Lipinski definition) is 1. The van der Waals surface area contributed by atoms with E-state index in [1.165, 1.54) is 63.5 Å². The highest BCUT2D eigenvalue weighted by Gasteiger charge is 2.22. The smallest absolute Gasteiger partial charge is 0.185 e. The molecule has 0 amide bonds. The summed E-state index contributed by atoms with van der Waals surface area (Å²) in [7, 11) is 0. The molecule has 0 saturated heterocycles. The summed E-state index contributed by atoms with van der Waals surface area (Å²) in [6.07, 6.45) is 38.1. The molecule has 0 spiro atoms. The number of hydrogen-bond acceptors (Lipinski definition) is 3. The minimum atomic E-state index is -0.562. The first-order chi connectivity index (χ1) is 26.5. The number of Topliss-reactive ketones (excluding diaryl/α,β-unsaturated/α-hetero) is 1. The van der Waals surface area contributed by atoms with E-state index in [1.54, 1.807) is 13.8 Å². The molecule has 0 heterocycles. The van der Waals surface area contributed by atoms with Gasteiger partial charge in [-0.25, -0.2) is 0 Å². The van der Waals surface area contributed by atoms with Gasteiger partial charge in [-0.05, 0) is 192 Å². The predicted molar refractivity (Wildman–Crippen MR) is 246 cm³/mol. The van der Waals surface area contributed by atoms with Crippen molar-refractivity contribution in [3.8, 4) is 0 Å². The summed E-state index contributed by atoms with van der Waals surface area (Å²) in [6.45, 7) is 25.4. The number of carbonyl (C=O) groups excluding carboxylic acids is 2. The van der Waals surface area contributed by atoms with Crippen LogP contribution >= 0.6 is 0 Å². The van der Waals surface area contributed by atoms with Crippen LogP contribution in [0, 0.1) is 0 Å². The lowest BCUT2D eigenvalue weighted by Crippen LogP contribution is -2.16. The van der Waals surface area contributed by atoms with Crippen molar-refractivity contribution >= 4 is 11.6 Å². The third kappa shape index (κ3) is 24.2. The summed E-state index contributed by atoms with van der Waals surface area (Å²) >= 11 is 0. The van der Waals surface area contributed by atoms with Crippen LogP contribution in [0.5, 0.6) is 0 Å². The minimum absolute atomic E-state index is 0.0550. The average Bonchev–Trinajstić information content (AvgIpc) is 3.11. The highest BCUT2D eigenvalue weighted by Crippen LogP contribution is 2.23. The predicted octanol–water partition coefficient (Wildman–Crippen LogP) is 15.5. The van der Waals surface area contributed by atoms with Gasteiger partial charge < -0.3 is 5.11 Å². The molecule has 0 aliphatic heterocycles. The quantitative estimate of drug-likeness (QED) is 0.0705. The minimum Gasteiger partial charge on any atom is -0.389 e. The molecule has 310 valence electrons. The van der Waals surface area contributed by atoms with Crippen molar-refractivity contribution < 1.29 is 14.7 Å². The second kappa shape index (κ2) is 28.8. The summed E-state index contributed by atoms with van der Waals surface area (Å²) in [5.74, 6) is -0.141. The maximum absolute atomic E-state index is 12.5. The van der Waals surface area contributed by atoms with E-state index in [1.807, 2.05) is 19.1 Å². The van der Waals surface area contributed by atoms with Gasteiger partial charge in [0.2, 0.25) is 0 Å². The molecule has 0 saturated carbocycles. The Morgan fingerprint density at radius 1 is 0.482 bits per heavy atom. The van der Waals surface area contributed by atoms with Crippen LogP contribution in [0.1, 0.15) is 186 Å². The average molecular weight is 765 g/mol. The zero-order chi connectivity index (χ0) is 42.0. The van der Waals surface area contributed by atoms with Gasteiger partial charge in [0, 0.05) is 16.7 Å². The third-order valence-electron chi connectivity index (χ3n) is 10.8. The molecule has 0 radical (unpaired) electrons. The Labute approximate surface area is 344 Å². The Balaban J connectivity index is 2.31. The monoisotopic (exact) mass is 765 g/mol. The lowest BCUT2D eigenvalue weighted by molar-refractivity contribution is -0.115. The first-order valence-corrected chi connectivity index (χ1v) is 21.5. The van der Waals surface area contributed by atoms with Crippen LogP contribution in [0.15, 0.2) is 128 Å². The molecule has 1 unspecified atom stereocenters. The van der Waals surface area contributed by atoms with Crippen molar-refractivity contribution in [2.45, 2.75) is 192 Å². The van der Waals surface area contributed by atoms with Crippen LogP contribution in [-0.4, -0.2) is 22.8 Å². The molecule has 0 bridgehead atoms. The van der Waals surface area contributed by atoms with E-state index in [9.17, 15) is 14.7 Å². The maximum Gasteiger partial charge on any atom is 0.185 e. The topological polar surface area (TPSA) is 54.4 Å². The van der Waals surface area contributed by atoms with Gasteiger partial charge in [-0.2, -0.15) is 0 Å². The van der Waals surface area contributed by atoms with Crippen molar-refractivity contribution in [3.05, 3.63) is 128 Å². The molecular formula is C53H80O3. The van der Waals surface area contributed by atoms with Crippen LogP contribution in [0.4, 0.5) is 0 Å². The molecule has 56 heavy (non-hydrogen) atoms. The second-order valence-corrected chi connectivity index (χ2v) is 17.0. The number of rotatable bonds is 26. The Morgan fingerprint density at radius 3 is 1.18 bits per heavy atom. The van der Waals surface area contributed by atoms with Gasteiger partial charge in [0.05, 0.1) is 6.10 Å². The standard InChI is InChI=1S/C53H80O3/c1-39(2)20-13-21-40(3)22-14-23-41(4)24-15-25-42(5)26-16-27-43(6)28-17-29-44(7)30-18-31-45(8)32-19-33-46(9)36-51(54)37-47(10)34-35-50-38-52(55)48(11)49(12)53(50)56/h20,22,24,26,28,30,32,34,36,38,51,54H,13-19,21,23,25,27,29,31,33,35,37H2,1-12H3/b40-22+,41-24+,42-26+,43-28+,44-30+,45-32+,46-36+,47-34+. The van der Waals surface area contributed by atoms with E-state index in [4.69, 9.17) is 0 Å². The van der Waals surface area contributed by atoms with Gasteiger partial charge in [-0.1, -0.05) is 105 Å². The molecule has 0 aromatic rings. The molecule has 3 heteroatoms. The summed E-state index contributed by atoms with van der Waals surface area (Å²) in [5, 5.41) is 10.6. The summed E-state index contributed by atoms with van der Waals surface area (Å²) in [4.78, 5) is 24.6. The Morgan fingerprint density at radius 2 is 0.821 bits per heavy atom. The Bertz CT molecular complexity index is 1630. The van der Waals surface area contributed by atoms with Crippen LogP contribution < -0.4 is 0 Å². The Hall–Kier alpha value is -3.56. The SMILES string of the molecule is CC(C)=CCC/C(C)=C/CC/C(C)=C/CC/C(C)=C/CC/C(C)=C/CC/C(C)=C/CC/C(C)=C/CC/C(C)=C/C(O)C/C(C)=C/CC1=CC(=O)C(C)=C(C)C1=O. The van der Waals surface area contributed by atoms with Crippen molar-refractivity contribution in [1.29, 1.82) is 0 Å². The van der Waals surface area contributed by atoms with E-state index in [-0.39, 0.29) is 11.6 Å². The maximum atomic E-state index is 12.5. The highest BCUT2D eigenvalue weighted by molar-refractivity contribution is 6.22. The van der Waals surface area contributed by atoms with Crippen LogP contribution in [0.25, 0.3) is 0 Å². The van der Waals surface area contributed by atoms with Crippen LogP contribution in [0.3, 0.4) is 0 Å². The van der Waals surface area contributed by atoms with Crippen molar-refractivity contribution in [2.24, 2.45) is 0 Å². The fourth-order valence-corrected chi connectivity index (χ4v) is 6.73. The first kappa shape index (κ1) is 50.5. The fraction of sp³-hybridized carbons (Fsp3) is 0.547. The molecule has 0 aromatic carbocycles. The summed E-state index contributed by atoms with van der Waals surface area (Å²) in [5.41, 5.74) is 14.1. The summed E-state index contributed by atoms with van der Waals surface area (Å²) < 4.78 is 0. The van der Waals surface area contributed by atoms with E-state index >= 15 is 0 Å². The van der Waals surface area contributed by atoms with Gasteiger partial charge in [0.1, 0.15) is 0 Å². The molecule has 1 N–H and O–H groups in total. The van der Waals surface area contributed by atoms with Crippen LogP contribution in [0.2, 0.25) is 0 Å². The number of aliphatic hydroxyl groups excluding tert-OH is 1. The lowest BCUT2D eigenvalue weighted by Gasteiger charge is -2.13. The number of aliphatic hydroxyl groups is 1. The van der Waals surface area contributed by atoms with E-state index in [2.05, 4.69) is 105 Å². The van der Waals surface area contributed by atoms with E-state index < -0.39 is 6.10 Å². The van der Waals surface area contributed by atoms with E-state index in [0.717, 1.165) is 82.6 Å². The van der Waals surface area contributed by atoms with Gasteiger partial charge in [0.15, 0.2) is 11.6 Å². The van der Waals surface area contributed by atoms with Gasteiger partial charge in [-0.3, -0.25) is 9.59 Å². The van der Waals surface area contributed by atoms with Crippen molar-refractivity contribution in [1.82, 2.24) is 0 Å². The number of allylic oxidation sites excluding steroid dienone is 20. The molecule has 0 fully saturated rings. The van der Waals surface area contributed by atoms with Gasteiger partial charge in [0.25, 0.3) is 0 Å². The third-order valence-corrected chi connectivity index (χ3v) is 10.8. The Kier molecular flexibility index (Phi) is 25.9. The lowest BCUT2D eigenvalue weighted by atomic mass is 9.89. The van der Waals surface area contributed by atoms with Crippen molar-refractivity contribution in [3.63, 3.8) is 0 Å². The zero-order valence-electron chi connectivity index (χ0n) is 37.9. The molecule has 0 aromatic heterocycles. The van der Waals surface area contributed by atoms with Gasteiger partial charge >= 0.3 is 0 Å². The normalized spacial score (nSPS) is 16.6.